The van der Waals surface area contributed by atoms with Crippen LogP contribution in [-0.2, 0) is 17.8 Å². The van der Waals surface area contributed by atoms with Crippen molar-refractivity contribution < 1.29 is 9.90 Å². The largest absolute Gasteiger partial charge is 0.508 e. The standard InChI is InChI=1S/C20H24N2O2/c23-18-10-6-9-17(13-18)15-21-19(14-16-7-2-1-3-8-16)20(24)22-11-4-5-12-22/h1-3,6-10,13,19,21,23H,4-5,11-12,14-15H2/t19-/m1/s1. The second kappa shape index (κ2) is 7.97. The first-order valence-electron chi connectivity index (χ1n) is 8.56. The number of phenols is 1. The van der Waals surface area contributed by atoms with Crippen LogP contribution in [0.25, 0.3) is 0 Å². The average Bonchev–Trinajstić information content (AvgIpc) is 3.13. The molecule has 2 aromatic rings. The minimum atomic E-state index is -0.243. The van der Waals surface area contributed by atoms with Crippen LogP contribution in [0.3, 0.4) is 0 Å². The number of benzene rings is 2. The highest BCUT2D eigenvalue weighted by molar-refractivity contribution is 5.82. The predicted octanol–water partition coefficient (Wildman–Crippen LogP) is 2.72. The smallest absolute Gasteiger partial charge is 0.240 e. The topological polar surface area (TPSA) is 52.6 Å². The van der Waals surface area contributed by atoms with E-state index in [1.165, 1.54) is 0 Å². The second-order valence-corrected chi connectivity index (χ2v) is 6.33. The van der Waals surface area contributed by atoms with Crippen LogP contribution >= 0.6 is 0 Å². The highest BCUT2D eigenvalue weighted by atomic mass is 16.3. The first-order chi connectivity index (χ1) is 11.7. The number of phenolic OH excluding ortho intramolecular Hbond substituents is 1. The fourth-order valence-electron chi connectivity index (χ4n) is 3.16. The van der Waals surface area contributed by atoms with E-state index in [9.17, 15) is 9.90 Å². The molecule has 0 spiro atoms. The molecule has 0 bridgehead atoms. The molecule has 0 saturated carbocycles. The average molecular weight is 324 g/mol. The maximum atomic E-state index is 12.9. The quantitative estimate of drug-likeness (QED) is 0.859. The maximum absolute atomic E-state index is 12.9. The summed E-state index contributed by atoms with van der Waals surface area (Å²) in [5, 5.41) is 13.0. The number of rotatable bonds is 6. The van der Waals surface area contributed by atoms with Gasteiger partial charge in [-0.1, -0.05) is 42.5 Å². The first-order valence-corrected chi connectivity index (χ1v) is 8.56. The molecule has 126 valence electrons. The summed E-state index contributed by atoms with van der Waals surface area (Å²) in [6.45, 7) is 2.28. The van der Waals surface area contributed by atoms with E-state index in [2.05, 4.69) is 17.4 Å². The molecule has 1 atom stereocenters. The lowest BCUT2D eigenvalue weighted by atomic mass is 10.0. The van der Waals surface area contributed by atoms with Crippen LogP contribution in [0.1, 0.15) is 24.0 Å². The SMILES string of the molecule is O=C([C@@H](Cc1ccccc1)NCc1cccc(O)c1)N1CCCC1. The van der Waals surface area contributed by atoms with E-state index in [1.54, 1.807) is 12.1 Å². The van der Waals surface area contributed by atoms with E-state index in [1.807, 2.05) is 35.2 Å². The minimum Gasteiger partial charge on any atom is -0.508 e. The van der Waals surface area contributed by atoms with Crippen molar-refractivity contribution in [2.75, 3.05) is 13.1 Å². The molecule has 4 nitrogen and oxygen atoms in total. The van der Waals surface area contributed by atoms with Crippen molar-refractivity contribution >= 4 is 5.91 Å². The van der Waals surface area contributed by atoms with Gasteiger partial charge in [0.15, 0.2) is 0 Å². The summed E-state index contributed by atoms with van der Waals surface area (Å²) in [6.07, 6.45) is 2.86. The van der Waals surface area contributed by atoms with E-state index >= 15 is 0 Å². The number of carbonyl (C=O) groups excluding carboxylic acids is 1. The molecule has 1 fully saturated rings. The summed E-state index contributed by atoms with van der Waals surface area (Å²) in [6, 6.07) is 17.0. The molecule has 1 aliphatic rings. The molecule has 0 aliphatic carbocycles. The Morgan fingerprint density at radius 1 is 1.04 bits per heavy atom. The van der Waals surface area contributed by atoms with E-state index in [4.69, 9.17) is 0 Å². The monoisotopic (exact) mass is 324 g/mol. The van der Waals surface area contributed by atoms with Crippen LogP contribution < -0.4 is 5.32 Å². The lowest BCUT2D eigenvalue weighted by Gasteiger charge is -2.24. The highest BCUT2D eigenvalue weighted by Gasteiger charge is 2.26. The molecule has 0 aromatic heterocycles. The van der Waals surface area contributed by atoms with Crippen molar-refractivity contribution in [3.8, 4) is 5.75 Å². The van der Waals surface area contributed by atoms with Gasteiger partial charge in [0.05, 0.1) is 6.04 Å². The molecule has 4 heteroatoms. The van der Waals surface area contributed by atoms with Crippen molar-refractivity contribution in [1.82, 2.24) is 10.2 Å². The molecule has 3 rings (SSSR count). The van der Waals surface area contributed by atoms with Crippen molar-refractivity contribution in [3.63, 3.8) is 0 Å². The van der Waals surface area contributed by atoms with Gasteiger partial charge in [-0.2, -0.15) is 0 Å². The Kier molecular flexibility index (Phi) is 5.49. The van der Waals surface area contributed by atoms with Crippen LogP contribution in [0.15, 0.2) is 54.6 Å². The summed E-state index contributed by atoms with van der Waals surface area (Å²) in [5.41, 5.74) is 2.13. The first kappa shape index (κ1) is 16.5. The number of hydrogen-bond acceptors (Lipinski definition) is 3. The zero-order chi connectivity index (χ0) is 16.8. The van der Waals surface area contributed by atoms with Crippen LogP contribution in [-0.4, -0.2) is 35.0 Å². The molecular formula is C20H24N2O2. The molecule has 1 amide bonds. The lowest BCUT2D eigenvalue weighted by molar-refractivity contribution is -0.132. The van der Waals surface area contributed by atoms with Gasteiger partial charge in [-0.25, -0.2) is 0 Å². The Balaban J connectivity index is 1.69. The van der Waals surface area contributed by atoms with E-state index in [0.29, 0.717) is 13.0 Å². The Hall–Kier alpha value is -2.33. The number of nitrogens with one attached hydrogen (secondary N) is 1. The van der Waals surface area contributed by atoms with Gasteiger partial charge in [-0.15, -0.1) is 0 Å². The van der Waals surface area contributed by atoms with Gasteiger partial charge >= 0.3 is 0 Å². The molecule has 2 N–H and O–H groups in total. The van der Waals surface area contributed by atoms with Crippen molar-refractivity contribution in [2.24, 2.45) is 0 Å². The molecule has 1 saturated heterocycles. The lowest BCUT2D eigenvalue weighted by Crippen LogP contribution is -2.46. The fraction of sp³-hybridized carbons (Fsp3) is 0.350. The second-order valence-electron chi connectivity index (χ2n) is 6.33. The Morgan fingerprint density at radius 2 is 1.75 bits per heavy atom. The Morgan fingerprint density at radius 3 is 2.46 bits per heavy atom. The van der Waals surface area contributed by atoms with Gasteiger partial charge < -0.3 is 15.3 Å². The zero-order valence-corrected chi connectivity index (χ0v) is 13.8. The van der Waals surface area contributed by atoms with Crippen molar-refractivity contribution in [3.05, 3.63) is 65.7 Å². The van der Waals surface area contributed by atoms with Crippen molar-refractivity contribution in [2.45, 2.75) is 31.8 Å². The molecule has 2 aromatic carbocycles. The van der Waals surface area contributed by atoms with Crippen molar-refractivity contribution in [1.29, 1.82) is 0 Å². The predicted molar refractivity (Wildman–Crippen MR) is 94.7 cm³/mol. The third-order valence-corrected chi connectivity index (χ3v) is 4.46. The summed E-state index contributed by atoms with van der Waals surface area (Å²) in [7, 11) is 0. The van der Waals surface area contributed by atoms with E-state index in [0.717, 1.165) is 37.1 Å². The third kappa shape index (κ3) is 4.36. The summed E-state index contributed by atoms with van der Waals surface area (Å²) < 4.78 is 0. The molecule has 0 unspecified atom stereocenters. The number of aromatic hydroxyl groups is 1. The zero-order valence-electron chi connectivity index (χ0n) is 13.8. The number of likely N-dealkylation sites (tertiary alicyclic amines) is 1. The van der Waals surface area contributed by atoms with Gasteiger partial charge in [0.1, 0.15) is 5.75 Å². The van der Waals surface area contributed by atoms with Gasteiger partial charge in [-0.3, -0.25) is 4.79 Å². The molecule has 24 heavy (non-hydrogen) atoms. The molecule has 1 aliphatic heterocycles. The van der Waals surface area contributed by atoms with Crippen LogP contribution in [0.2, 0.25) is 0 Å². The Labute approximate surface area is 143 Å². The van der Waals surface area contributed by atoms with Gasteiger partial charge in [-0.05, 0) is 42.5 Å². The number of nitrogens with zero attached hydrogens (tertiary/aromatic N) is 1. The number of hydrogen-bond donors (Lipinski definition) is 2. The molecule has 0 radical (unpaired) electrons. The van der Waals surface area contributed by atoms with E-state index in [-0.39, 0.29) is 17.7 Å². The summed E-state index contributed by atoms with van der Waals surface area (Å²) in [4.78, 5) is 14.8. The van der Waals surface area contributed by atoms with Crippen LogP contribution in [0.4, 0.5) is 0 Å². The summed E-state index contributed by atoms with van der Waals surface area (Å²) in [5.74, 6) is 0.427. The molecule has 1 heterocycles. The van der Waals surface area contributed by atoms with E-state index < -0.39 is 0 Å². The normalized spacial score (nSPS) is 15.4. The number of carbonyl (C=O) groups is 1. The van der Waals surface area contributed by atoms with Crippen LogP contribution in [0.5, 0.6) is 5.75 Å². The number of amides is 1. The fourth-order valence-corrected chi connectivity index (χ4v) is 3.16. The minimum absolute atomic E-state index is 0.177. The van der Waals surface area contributed by atoms with Gasteiger partial charge in [0, 0.05) is 19.6 Å². The Bertz CT molecular complexity index is 666. The summed E-state index contributed by atoms with van der Waals surface area (Å²) >= 11 is 0. The molecular weight excluding hydrogens is 300 g/mol. The van der Waals surface area contributed by atoms with Gasteiger partial charge in [0.25, 0.3) is 0 Å². The van der Waals surface area contributed by atoms with Gasteiger partial charge in [0.2, 0.25) is 5.91 Å². The highest BCUT2D eigenvalue weighted by Crippen LogP contribution is 2.14. The third-order valence-electron chi connectivity index (χ3n) is 4.46. The maximum Gasteiger partial charge on any atom is 0.240 e. The van der Waals surface area contributed by atoms with Crippen LogP contribution in [0, 0.1) is 0 Å².